The molecule has 1 fully saturated rings. The Morgan fingerprint density at radius 3 is 2.83 bits per heavy atom. The Labute approximate surface area is 118 Å². The molecule has 1 aromatic rings. The maximum atomic E-state index is 5.90. The molecule has 1 saturated heterocycles. The van der Waals surface area contributed by atoms with E-state index in [-0.39, 0.29) is 6.04 Å². The molecule has 2 unspecified atom stereocenters. The fraction of sp³-hybridized carbons (Fsp3) is 0.538. The predicted molar refractivity (Wildman–Crippen MR) is 80.0 cm³/mol. The van der Waals surface area contributed by atoms with Crippen LogP contribution in [0.2, 0.25) is 5.02 Å². The van der Waals surface area contributed by atoms with Crippen LogP contribution in [-0.4, -0.2) is 42.1 Å². The predicted octanol–water partition coefficient (Wildman–Crippen LogP) is 1.76. The standard InChI is InChI=1S/C13H20ClN3S/c1-17-6-7-18-9-13(17)12(16-15)8-10-2-4-11(14)5-3-10/h2-5,12-13,16H,6-9,15H2,1H3. The summed E-state index contributed by atoms with van der Waals surface area (Å²) in [5.74, 6) is 8.08. The molecular formula is C13H20ClN3S. The van der Waals surface area contributed by atoms with Gasteiger partial charge in [-0.1, -0.05) is 23.7 Å². The van der Waals surface area contributed by atoms with Crippen molar-refractivity contribution < 1.29 is 0 Å². The van der Waals surface area contributed by atoms with Gasteiger partial charge in [0.05, 0.1) is 0 Å². The Bertz CT molecular complexity index is 371. The largest absolute Gasteiger partial charge is 0.300 e. The monoisotopic (exact) mass is 285 g/mol. The van der Waals surface area contributed by atoms with Crippen molar-refractivity contribution in [1.82, 2.24) is 10.3 Å². The lowest BCUT2D eigenvalue weighted by Crippen LogP contribution is -2.55. The second-order valence-electron chi connectivity index (χ2n) is 4.73. The first-order chi connectivity index (χ1) is 8.70. The van der Waals surface area contributed by atoms with Gasteiger partial charge in [-0.3, -0.25) is 11.3 Å². The first kappa shape index (κ1) is 14.2. The summed E-state index contributed by atoms with van der Waals surface area (Å²) in [5, 5.41) is 0.779. The van der Waals surface area contributed by atoms with Crippen molar-refractivity contribution in [1.29, 1.82) is 0 Å². The summed E-state index contributed by atoms with van der Waals surface area (Å²) in [7, 11) is 2.18. The zero-order chi connectivity index (χ0) is 13.0. The van der Waals surface area contributed by atoms with Crippen molar-refractivity contribution in [2.45, 2.75) is 18.5 Å². The lowest BCUT2D eigenvalue weighted by Gasteiger charge is -2.37. The molecule has 2 rings (SSSR count). The maximum Gasteiger partial charge on any atom is 0.0414 e. The summed E-state index contributed by atoms with van der Waals surface area (Å²) >= 11 is 7.91. The van der Waals surface area contributed by atoms with Gasteiger partial charge >= 0.3 is 0 Å². The van der Waals surface area contributed by atoms with E-state index >= 15 is 0 Å². The first-order valence-corrected chi connectivity index (χ1v) is 7.72. The van der Waals surface area contributed by atoms with Gasteiger partial charge in [-0.05, 0) is 31.2 Å². The molecule has 0 radical (unpaired) electrons. The Kier molecular flexibility index (Phi) is 5.33. The van der Waals surface area contributed by atoms with Crippen LogP contribution in [-0.2, 0) is 6.42 Å². The van der Waals surface area contributed by atoms with Crippen molar-refractivity contribution in [3.63, 3.8) is 0 Å². The summed E-state index contributed by atoms with van der Waals surface area (Å²) in [5.41, 5.74) is 4.25. The number of benzene rings is 1. The number of nitrogens with two attached hydrogens (primary N) is 1. The Morgan fingerprint density at radius 1 is 1.50 bits per heavy atom. The van der Waals surface area contributed by atoms with E-state index in [0.717, 1.165) is 23.7 Å². The molecule has 0 spiro atoms. The molecule has 0 amide bonds. The first-order valence-electron chi connectivity index (χ1n) is 6.19. The fourth-order valence-electron chi connectivity index (χ4n) is 2.31. The molecule has 1 aliphatic heterocycles. The van der Waals surface area contributed by atoms with E-state index in [1.165, 1.54) is 11.3 Å². The zero-order valence-electron chi connectivity index (χ0n) is 10.6. The zero-order valence-corrected chi connectivity index (χ0v) is 12.2. The van der Waals surface area contributed by atoms with E-state index in [4.69, 9.17) is 17.4 Å². The molecule has 0 saturated carbocycles. The second-order valence-corrected chi connectivity index (χ2v) is 6.31. The molecule has 5 heteroatoms. The highest BCUT2D eigenvalue weighted by atomic mass is 35.5. The summed E-state index contributed by atoms with van der Waals surface area (Å²) in [4.78, 5) is 2.40. The molecular weight excluding hydrogens is 266 g/mol. The van der Waals surface area contributed by atoms with Crippen LogP contribution in [0.3, 0.4) is 0 Å². The smallest absolute Gasteiger partial charge is 0.0414 e. The number of thioether (sulfide) groups is 1. The van der Waals surface area contributed by atoms with Crippen LogP contribution in [0.1, 0.15) is 5.56 Å². The highest BCUT2D eigenvalue weighted by molar-refractivity contribution is 7.99. The van der Waals surface area contributed by atoms with E-state index in [9.17, 15) is 0 Å². The van der Waals surface area contributed by atoms with Crippen LogP contribution in [0.4, 0.5) is 0 Å². The number of hydrazine groups is 1. The molecule has 1 aliphatic rings. The van der Waals surface area contributed by atoms with Crippen molar-refractivity contribution in [3.8, 4) is 0 Å². The van der Waals surface area contributed by atoms with Crippen LogP contribution in [0.15, 0.2) is 24.3 Å². The van der Waals surface area contributed by atoms with E-state index < -0.39 is 0 Å². The summed E-state index contributed by atoms with van der Waals surface area (Å²) < 4.78 is 0. The normalized spacial score (nSPS) is 22.9. The quantitative estimate of drug-likeness (QED) is 0.653. The van der Waals surface area contributed by atoms with Crippen LogP contribution in [0.25, 0.3) is 0 Å². The van der Waals surface area contributed by atoms with Crippen molar-refractivity contribution in [2.75, 3.05) is 25.1 Å². The minimum absolute atomic E-state index is 0.281. The van der Waals surface area contributed by atoms with Gasteiger partial charge in [-0.2, -0.15) is 11.8 Å². The van der Waals surface area contributed by atoms with Gasteiger partial charge in [-0.15, -0.1) is 0 Å². The van der Waals surface area contributed by atoms with Crippen LogP contribution >= 0.6 is 23.4 Å². The molecule has 3 N–H and O–H groups in total. The van der Waals surface area contributed by atoms with Gasteiger partial charge < -0.3 is 4.90 Å². The highest BCUT2D eigenvalue weighted by Crippen LogP contribution is 2.20. The van der Waals surface area contributed by atoms with Crippen molar-refractivity contribution in [2.24, 2.45) is 5.84 Å². The minimum atomic E-state index is 0.281. The van der Waals surface area contributed by atoms with Gasteiger partial charge in [-0.25, -0.2) is 0 Å². The lowest BCUT2D eigenvalue weighted by molar-refractivity contribution is 0.214. The van der Waals surface area contributed by atoms with Gasteiger partial charge in [0, 0.05) is 35.2 Å². The number of rotatable bonds is 4. The molecule has 1 aromatic carbocycles. The molecule has 2 atom stereocenters. The van der Waals surface area contributed by atoms with E-state index in [1.54, 1.807) is 0 Å². The number of hydrogen-bond donors (Lipinski definition) is 2. The second kappa shape index (κ2) is 6.78. The van der Waals surface area contributed by atoms with E-state index in [2.05, 4.69) is 29.5 Å². The third kappa shape index (κ3) is 3.62. The Balaban J connectivity index is 2.02. The molecule has 0 aromatic heterocycles. The molecule has 100 valence electrons. The van der Waals surface area contributed by atoms with Crippen LogP contribution in [0.5, 0.6) is 0 Å². The number of nitrogens with zero attached hydrogens (tertiary/aromatic N) is 1. The highest BCUT2D eigenvalue weighted by Gasteiger charge is 2.27. The number of halogens is 1. The summed E-state index contributed by atoms with van der Waals surface area (Å²) in [6.07, 6.45) is 0.934. The molecule has 0 aliphatic carbocycles. The average molecular weight is 286 g/mol. The lowest BCUT2D eigenvalue weighted by atomic mass is 10.00. The van der Waals surface area contributed by atoms with Gasteiger partial charge in [0.25, 0.3) is 0 Å². The van der Waals surface area contributed by atoms with Crippen molar-refractivity contribution >= 4 is 23.4 Å². The summed E-state index contributed by atoms with van der Waals surface area (Å²) in [6.45, 7) is 1.13. The average Bonchev–Trinajstić information content (AvgIpc) is 2.39. The molecule has 3 nitrogen and oxygen atoms in total. The van der Waals surface area contributed by atoms with Gasteiger partial charge in [0.15, 0.2) is 0 Å². The SMILES string of the molecule is CN1CCSCC1C(Cc1ccc(Cl)cc1)NN. The van der Waals surface area contributed by atoms with Crippen LogP contribution in [0, 0.1) is 0 Å². The third-order valence-corrected chi connectivity index (χ3v) is 4.79. The van der Waals surface area contributed by atoms with Gasteiger partial charge in [0.2, 0.25) is 0 Å². The van der Waals surface area contributed by atoms with E-state index in [1.807, 2.05) is 23.9 Å². The Hall–Kier alpha value is -0.260. The molecule has 18 heavy (non-hydrogen) atoms. The minimum Gasteiger partial charge on any atom is -0.300 e. The number of likely N-dealkylation sites (N-methyl/N-ethyl adjacent to an activating group) is 1. The third-order valence-electron chi connectivity index (χ3n) is 3.49. The Morgan fingerprint density at radius 2 is 2.22 bits per heavy atom. The number of hydrogen-bond acceptors (Lipinski definition) is 4. The topological polar surface area (TPSA) is 41.3 Å². The van der Waals surface area contributed by atoms with E-state index in [0.29, 0.717) is 6.04 Å². The summed E-state index contributed by atoms with van der Waals surface area (Å²) in [6, 6.07) is 8.78. The van der Waals surface area contributed by atoms with Crippen LogP contribution < -0.4 is 11.3 Å². The van der Waals surface area contributed by atoms with Crippen molar-refractivity contribution in [3.05, 3.63) is 34.9 Å². The fourth-order valence-corrected chi connectivity index (χ4v) is 3.75. The van der Waals surface area contributed by atoms with Gasteiger partial charge in [0.1, 0.15) is 0 Å². The molecule has 1 heterocycles. The number of nitrogens with one attached hydrogen (secondary N) is 1. The molecule has 0 bridgehead atoms. The maximum absolute atomic E-state index is 5.90.